The van der Waals surface area contributed by atoms with Crippen LogP contribution in [0.4, 0.5) is 24.5 Å². The Kier molecular flexibility index (Phi) is 8.08. The lowest BCUT2D eigenvalue weighted by Crippen LogP contribution is -2.54. The van der Waals surface area contributed by atoms with Crippen LogP contribution in [0.2, 0.25) is 0 Å². The van der Waals surface area contributed by atoms with Gasteiger partial charge in [0.1, 0.15) is 15.7 Å². The van der Waals surface area contributed by atoms with Gasteiger partial charge in [-0.2, -0.15) is 0 Å². The lowest BCUT2D eigenvalue weighted by molar-refractivity contribution is -0.274. The molecule has 0 amide bonds. The Morgan fingerprint density at radius 3 is 2.14 bits per heavy atom. The molecule has 2 fully saturated rings. The van der Waals surface area contributed by atoms with E-state index in [1.807, 2.05) is 48.5 Å². The van der Waals surface area contributed by atoms with Crippen molar-refractivity contribution in [3.63, 3.8) is 0 Å². The molecule has 1 aliphatic heterocycles. The molecule has 0 aromatic heterocycles. The zero-order valence-corrected chi connectivity index (χ0v) is 23.8. The van der Waals surface area contributed by atoms with Crippen LogP contribution in [0.25, 0.3) is 0 Å². The molecule has 224 valence electrons. The van der Waals surface area contributed by atoms with Gasteiger partial charge in [-0.3, -0.25) is 0 Å². The number of aliphatic hydroxyl groups excluding tert-OH is 1. The third-order valence-electron chi connectivity index (χ3n) is 8.02. The predicted octanol–water partition coefficient (Wildman–Crippen LogP) is 7.33. The van der Waals surface area contributed by atoms with Crippen molar-refractivity contribution >= 4 is 21.3 Å². The number of fused-ring (bicyclic) bond motifs is 2. The van der Waals surface area contributed by atoms with Crippen LogP contribution in [-0.4, -0.2) is 40.4 Å². The van der Waals surface area contributed by atoms with Gasteiger partial charge in [0, 0.05) is 6.04 Å². The molecule has 4 atom stereocenters. The van der Waals surface area contributed by atoms with Gasteiger partial charge >= 0.3 is 6.36 Å². The summed E-state index contributed by atoms with van der Waals surface area (Å²) in [5.41, 5.74) is 1.69. The van der Waals surface area contributed by atoms with Crippen molar-refractivity contribution in [2.45, 2.75) is 74.4 Å². The van der Waals surface area contributed by atoms with Crippen molar-refractivity contribution < 1.29 is 32.0 Å². The van der Waals surface area contributed by atoms with E-state index in [2.05, 4.69) is 18.7 Å². The van der Waals surface area contributed by atoms with E-state index >= 15 is 0 Å². The molecule has 6 rings (SSSR count). The molecule has 2 saturated carbocycles. The lowest BCUT2D eigenvalue weighted by Gasteiger charge is -2.43. The molecule has 1 heterocycles. The Hall–Kier alpha value is -3.28. The smallest absolute Gasteiger partial charge is 0.453 e. The first-order chi connectivity index (χ1) is 20.2. The molecule has 7 nitrogen and oxygen atoms in total. The van der Waals surface area contributed by atoms with E-state index in [9.17, 15) is 22.5 Å². The molecule has 1 unspecified atom stereocenters. The van der Waals surface area contributed by atoms with Gasteiger partial charge in [-0.25, -0.2) is 13.3 Å². The van der Waals surface area contributed by atoms with Crippen molar-refractivity contribution in [1.82, 2.24) is 4.72 Å². The molecule has 42 heavy (non-hydrogen) atoms. The fraction of sp³-hybridized carbons (Fsp3) is 0.419. The summed E-state index contributed by atoms with van der Waals surface area (Å²) in [5, 5.41) is 12.1. The molecular formula is C31H34F3N3O4S. The number of nitrogens with one attached hydrogen (secondary N) is 1. The second-order valence-electron chi connectivity index (χ2n) is 11.1. The molecule has 2 N–H and O–H groups in total. The summed E-state index contributed by atoms with van der Waals surface area (Å²) in [6.45, 7) is 0.378. The zero-order chi connectivity index (χ0) is 29.3. The first kappa shape index (κ1) is 28.8. The number of hydrogen-bond acceptors (Lipinski definition) is 6. The van der Waals surface area contributed by atoms with E-state index in [0.29, 0.717) is 36.8 Å². The molecular weight excluding hydrogens is 567 g/mol. The fourth-order valence-corrected chi connectivity index (χ4v) is 7.68. The van der Waals surface area contributed by atoms with Crippen molar-refractivity contribution in [2.24, 2.45) is 10.3 Å². The van der Waals surface area contributed by atoms with Crippen LogP contribution in [0.1, 0.15) is 44.9 Å². The largest absolute Gasteiger partial charge is 0.573 e. The number of benzene rings is 3. The van der Waals surface area contributed by atoms with Crippen LogP contribution in [0.3, 0.4) is 0 Å². The SMILES string of the molecule is O=S(=NCC1CC1)(N[C@@H]1CCCCC[C@@H](N2c3ccccc3Oc3ccccc32)[C@H]1O)c1ccc(OC(F)(F)F)cc1. The Bertz CT molecular complexity index is 1470. The first-order valence-electron chi connectivity index (χ1n) is 14.4. The number of hydrogen-bond donors (Lipinski definition) is 2. The molecule has 2 aliphatic carbocycles. The average Bonchev–Trinajstić information content (AvgIpc) is 3.80. The Morgan fingerprint density at radius 1 is 0.905 bits per heavy atom. The van der Waals surface area contributed by atoms with Crippen molar-refractivity contribution in [1.29, 1.82) is 0 Å². The van der Waals surface area contributed by atoms with Crippen molar-refractivity contribution in [3.8, 4) is 17.2 Å². The first-order valence-corrected chi connectivity index (χ1v) is 15.9. The molecule has 0 bridgehead atoms. The maximum atomic E-state index is 14.5. The highest BCUT2D eigenvalue weighted by molar-refractivity contribution is 7.91. The van der Waals surface area contributed by atoms with Gasteiger partial charge in [0.05, 0.1) is 35.0 Å². The fourth-order valence-electron chi connectivity index (χ4n) is 5.73. The van der Waals surface area contributed by atoms with E-state index in [1.165, 1.54) is 12.1 Å². The summed E-state index contributed by atoms with van der Waals surface area (Å²) >= 11 is 0. The lowest BCUT2D eigenvalue weighted by atomic mass is 9.89. The maximum Gasteiger partial charge on any atom is 0.573 e. The Labute approximate surface area is 244 Å². The second kappa shape index (κ2) is 11.8. The number of rotatable bonds is 7. The summed E-state index contributed by atoms with van der Waals surface area (Å²) < 4.78 is 70.8. The van der Waals surface area contributed by atoms with Crippen LogP contribution in [-0.2, 0) is 9.92 Å². The van der Waals surface area contributed by atoms with Crippen molar-refractivity contribution in [3.05, 3.63) is 72.8 Å². The highest BCUT2D eigenvalue weighted by Gasteiger charge is 2.39. The van der Waals surface area contributed by atoms with Crippen molar-refractivity contribution in [2.75, 3.05) is 11.4 Å². The molecule has 0 radical (unpaired) electrons. The summed E-state index contributed by atoms with van der Waals surface area (Å²) in [7, 11) is -3.28. The summed E-state index contributed by atoms with van der Waals surface area (Å²) in [6.07, 6.45) is 0.192. The minimum Gasteiger partial charge on any atom is -0.453 e. The number of para-hydroxylation sites is 4. The zero-order valence-electron chi connectivity index (χ0n) is 23.0. The minimum atomic E-state index is -4.83. The minimum absolute atomic E-state index is 0.255. The number of alkyl halides is 3. The molecule has 3 aliphatic rings. The van der Waals surface area contributed by atoms with Gasteiger partial charge in [-0.1, -0.05) is 43.5 Å². The Morgan fingerprint density at radius 2 is 1.52 bits per heavy atom. The average molecular weight is 602 g/mol. The van der Waals surface area contributed by atoms with E-state index in [1.54, 1.807) is 0 Å². The molecule has 0 saturated heterocycles. The van der Waals surface area contributed by atoms with Gasteiger partial charge in [-0.15, -0.1) is 13.2 Å². The van der Waals surface area contributed by atoms with E-state index in [4.69, 9.17) is 4.74 Å². The van der Waals surface area contributed by atoms with Crippen LogP contribution < -0.4 is 19.1 Å². The number of nitrogens with zero attached hydrogens (tertiary/aromatic N) is 2. The Balaban J connectivity index is 1.34. The standard InChI is InChI=1S/C31H34F3N3O4S/c32-31(33,34)41-22-16-18-23(19-17-22)42(39,35-20-21-14-15-21)36-24-8-2-1-3-11-27(30(24)38)37-25-9-4-6-12-28(25)40-29-13-7-5-10-26(29)37/h4-7,9-10,12-13,16-19,21,24,27,30,38H,1-3,8,11,14-15,20H2,(H,35,36,39)/t24-,27-,30+,42?/m1/s1. The van der Waals surface area contributed by atoms with Gasteiger partial charge < -0.3 is 19.5 Å². The summed E-state index contributed by atoms with van der Waals surface area (Å²) in [4.78, 5) is 2.39. The normalized spacial score (nSPS) is 23.8. The highest BCUT2D eigenvalue weighted by Crippen LogP contribution is 2.49. The maximum absolute atomic E-state index is 14.5. The van der Waals surface area contributed by atoms with Crippen LogP contribution in [0.15, 0.2) is 82.1 Å². The topological polar surface area (TPSA) is 83.4 Å². The van der Waals surface area contributed by atoms with Gasteiger partial charge in [0.15, 0.2) is 11.5 Å². The summed E-state index contributed by atoms with van der Waals surface area (Å²) in [5.74, 6) is 1.33. The third kappa shape index (κ3) is 6.38. The number of ether oxygens (including phenoxy) is 2. The van der Waals surface area contributed by atoms with Gasteiger partial charge in [0.25, 0.3) is 0 Å². The highest BCUT2D eigenvalue weighted by atomic mass is 32.2. The van der Waals surface area contributed by atoms with E-state index < -0.39 is 34.2 Å². The molecule has 0 spiro atoms. The van der Waals surface area contributed by atoms with E-state index in [0.717, 1.165) is 55.6 Å². The second-order valence-corrected chi connectivity index (χ2v) is 13.1. The number of aliphatic hydroxyl groups is 1. The number of anilines is 2. The van der Waals surface area contributed by atoms with E-state index in [-0.39, 0.29) is 10.9 Å². The summed E-state index contributed by atoms with van der Waals surface area (Å²) in [6, 6.07) is 19.5. The molecule has 3 aromatic carbocycles. The van der Waals surface area contributed by atoms with Crippen LogP contribution in [0, 0.1) is 5.92 Å². The molecule has 3 aromatic rings. The third-order valence-corrected chi connectivity index (χ3v) is 10.1. The van der Waals surface area contributed by atoms with Gasteiger partial charge in [-0.05, 0) is 80.1 Å². The predicted molar refractivity (Wildman–Crippen MR) is 154 cm³/mol. The quantitative estimate of drug-likeness (QED) is 0.296. The van der Waals surface area contributed by atoms with Crippen LogP contribution >= 0.6 is 0 Å². The van der Waals surface area contributed by atoms with Crippen LogP contribution in [0.5, 0.6) is 17.2 Å². The monoisotopic (exact) mass is 601 g/mol. The molecule has 11 heteroatoms. The van der Waals surface area contributed by atoms with Gasteiger partial charge in [0.2, 0.25) is 0 Å². The number of halogens is 3.